The zero-order valence-electron chi connectivity index (χ0n) is 35.2. The molecule has 7 nitrogen and oxygen atoms in total. The summed E-state index contributed by atoms with van der Waals surface area (Å²) < 4.78 is 13.5. The van der Waals surface area contributed by atoms with Crippen LogP contribution in [0.2, 0.25) is 18.1 Å². The molecule has 2 aliphatic carbocycles. The van der Waals surface area contributed by atoms with Gasteiger partial charge in [-0.3, -0.25) is 9.59 Å². The largest absolute Gasteiger partial charge is 0.489 e. The second-order valence-electron chi connectivity index (χ2n) is 18.0. The first-order valence-electron chi connectivity index (χ1n) is 21.3. The summed E-state index contributed by atoms with van der Waals surface area (Å²) in [6, 6.07) is 36.5. The molecule has 1 fully saturated rings. The molecule has 0 aromatic heterocycles. The van der Waals surface area contributed by atoms with E-state index in [-0.39, 0.29) is 47.8 Å². The molecule has 308 valence electrons. The number of ether oxygens (including phenoxy) is 1. The van der Waals surface area contributed by atoms with E-state index in [0.717, 1.165) is 64.8 Å². The molecule has 4 aromatic rings. The van der Waals surface area contributed by atoms with Crippen LogP contribution in [-0.4, -0.2) is 43.5 Å². The van der Waals surface area contributed by atoms with Crippen molar-refractivity contribution in [3.8, 4) is 5.75 Å². The molecule has 8 heteroatoms. The van der Waals surface area contributed by atoms with Gasteiger partial charge in [0.15, 0.2) is 8.32 Å². The van der Waals surface area contributed by atoms with Gasteiger partial charge in [-0.1, -0.05) is 137 Å². The van der Waals surface area contributed by atoms with Crippen molar-refractivity contribution in [1.29, 1.82) is 0 Å². The molecule has 4 atom stereocenters. The molecule has 2 unspecified atom stereocenters. The lowest BCUT2D eigenvalue weighted by molar-refractivity contribution is -0.123. The lowest BCUT2D eigenvalue weighted by Crippen LogP contribution is -2.45. The fourth-order valence-electron chi connectivity index (χ4n) is 8.12. The summed E-state index contributed by atoms with van der Waals surface area (Å²) in [5.74, 6) is 0.638. The van der Waals surface area contributed by atoms with Gasteiger partial charge >= 0.3 is 0 Å². The monoisotopic (exact) mass is 800 g/mol. The Kier molecular flexibility index (Phi) is 14.8. The predicted octanol–water partition coefficient (Wildman–Crippen LogP) is 9.99. The van der Waals surface area contributed by atoms with Crippen molar-refractivity contribution in [2.45, 2.75) is 134 Å². The molecule has 0 heterocycles. The van der Waals surface area contributed by atoms with Gasteiger partial charge in [0.1, 0.15) is 12.4 Å². The average molecular weight is 801 g/mol. The molecule has 3 N–H and O–H groups in total. The number of fused-ring (bicyclic) bond motifs is 1. The smallest absolute Gasteiger partial charge is 0.224 e. The van der Waals surface area contributed by atoms with Crippen molar-refractivity contribution in [2.24, 2.45) is 5.92 Å². The molecule has 2 aliphatic rings. The summed E-state index contributed by atoms with van der Waals surface area (Å²) in [5.41, 5.74) is 6.49. The zero-order valence-corrected chi connectivity index (χ0v) is 36.2. The number of carbonyl (C=O) groups excluding carboxylic acids is 2. The number of nitrogens with one attached hydrogen (secondary N) is 2. The average Bonchev–Trinajstić information content (AvgIpc) is 3.83. The highest BCUT2D eigenvalue weighted by molar-refractivity contribution is 6.74. The Hall–Kier alpha value is -4.50. The van der Waals surface area contributed by atoms with Crippen LogP contribution in [0.15, 0.2) is 121 Å². The van der Waals surface area contributed by atoms with Crippen LogP contribution < -0.4 is 15.4 Å². The maximum atomic E-state index is 14.2. The van der Waals surface area contributed by atoms with Crippen molar-refractivity contribution < 1.29 is 23.9 Å². The van der Waals surface area contributed by atoms with Crippen LogP contribution in [0.1, 0.15) is 99.6 Å². The summed E-state index contributed by atoms with van der Waals surface area (Å²) in [5, 5.41) is 17.5. The van der Waals surface area contributed by atoms with E-state index in [9.17, 15) is 14.7 Å². The third-order valence-electron chi connectivity index (χ3n) is 12.4. The third-order valence-corrected chi connectivity index (χ3v) is 16.9. The second-order valence-corrected chi connectivity index (χ2v) is 22.8. The predicted molar refractivity (Wildman–Crippen MR) is 236 cm³/mol. The van der Waals surface area contributed by atoms with Crippen LogP contribution in [0.25, 0.3) is 0 Å². The van der Waals surface area contributed by atoms with Crippen LogP contribution in [-0.2, 0) is 39.9 Å². The number of benzene rings is 4. The fraction of sp³-hybridized carbons (Fsp3) is 0.440. The van der Waals surface area contributed by atoms with Crippen molar-refractivity contribution in [1.82, 2.24) is 10.6 Å². The SMILES string of the molecule is CC(C)(C)[Si](C)(C)OC(CC(CC(=O)N[C@H]1c2ccccc2C[C@H]1O)Cc1ccc(OCc2ccccc2)cc1)/C(=C/CC(=O)NC1CCCC1)Cc1ccccc1. The van der Waals surface area contributed by atoms with Crippen LogP contribution >= 0.6 is 0 Å². The van der Waals surface area contributed by atoms with E-state index < -0.39 is 20.5 Å². The molecule has 4 aromatic carbocycles. The van der Waals surface area contributed by atoms with Crippen molar-refractivity contribution in [2.75, 3.05) is 0 Å². The van der Waals surface area contributed by atoms with Crippen molar-refractivity contribution in [3.63, 3.8) is 0 Å². The van der Waals surface area contributed by atoms with Crippen LogP contribution in [0.3, 0.4) is 0 Å². The zero-order chi connectivity index (χ0) is 41.1. The van der Waals surface area contributed by atoms with Gasteiger partial charge in [0.05, 0.1) is 18.2 Å². The summed E-state index contributed by atoms with van der Waals surface area (Å²) in [6.45, 7) is 11.8. The highest BCUT2D eigenvalue weighted by Crippen LogP contribution is 2.40. The Morgan fingerprint density at radius 2 is 1.45 bits per heavy atom. The highest BCUT2D eigenvalue weighted by Gasteiger charge is 2.41. The van der Waals surface area contributed by atoms with Gasteiger partial charge in [0, 0.05) is 25.3 Å². The molecule has 0 bridgehead atoms. The first-order valence-corrected chi connectivity index (χ1v) is 24.2. The number of amides is 2. The first-order chi connectivity index (χ1) is 27.8. The van der Waals surface area contributed by atoms with Crippen LogP contribution in [0, 0.1) is 5.92 Å². The Balaban J connectivity index is 1.29. The standard InChI is InChI=1S/C50H64N2O5Si/c1-50(2,3)58(4,5)57-46(41(31-36-16-8-6-9-17-36)26-29-47(54)51-42-21-13-14-22-42)32-39(33-48(55)52-49-44-23-15-12-20-40(44)34-45(49)53)30-37-24-27-43(28-25-37)56-35-38-18-10-7-11-19-38/h6-12,15-20,23-28,39,42,45-46,49,53H,13-14,21-22,29-35H2,1-5H3,(H,51,54)(H,52,55)/b41-26+/t39?,45-,46?,49+/m1/s1. The Morgan fingerprint density at radius 3 is 2.12 bits per heavy atom. The van der Waals surface area contributed by atoms with Crippen LogP contribution in [0.5, 0.6) is 5.75 Å². The number of aliphatic hydroxyl groups is 1. The lowest BCUT2D eigenvalue weighted by Gasteiger charge is -2.41. The summed E-state index contributed by atoms with van der Waals surface area (Å²) in [6.07, 6.45) is 8.47. The van der Waals surface area contributed by atoms with Crippen molar-refractivity contribution >= 4 is 20.1 Å². The quantitative estimate of drug-likeness (QED) is 0.0688. The topological polar surface area (TPSA) is 96.9 Å². The van der Waals surface area contributed by atoms with Gasteiger partial charge in [-0.2, -0.15) is 0 Å². The summed E-state index contributed by atoms with van der Waals surface area (Å²) >= 11 is 0. The first kappa shape index (κ1) is 43.1. The third kappa shape index (κ3) is 12.3. The van der Waals surface area contributed by atoms with Gasteiger partial charge in [-0.05, 0) is 102 Å². The Morgan fingerprint density at radius 1 is 0.810 bits per heavy atom. The van der Waals surface area contributed by atoms with E-state index in [1.807, 2.05) is 60.7 Å². The van der Waals surface area contributed by atoms with Gasteiger partial charge in [-0.25, -0.2) is 0 Å². The molecule has 0 radical (unpaired) electrons. The second kappa shape index (κ2) is 20.0. The number of hydrogen-bond donors (Lipinski definition) is 3. The van der Waals surface area contributed by atoms with E-state index in [1.165, 1.54) is 0 Å². The Bertz CT molecular complexity index is 1950. The van der Waals surface area contributed by atoms with E-state index in [2.05, 4.69) is 99.1 Å². The highest BCUT2D eigenvalue weighted by atomic mass is 28.4. The molecular weight excluding hydrogens is 737 g/mol. The van der Waals surface area contributed by atoms with Gasteiger partial charge in [-0.15, -0.1) is 0 Å². The minimum absolute atomic E-state index is 0.0458. The van der Waals surface area contributed by atoms with E-state index in [1.54, 1.807) is 0 Å². The van der Waals surface area contributed by atoms with Gasteiger partial charge in [0.25, 0.3) is 0 Å². The van der Waals surface area contributed by atoms with Gasteiger partial charge < -0.3 is 24.9 Å². The summed E-state index contributed by atoms with van der Waals surface area (Å²) in [4.78, 5) is 27.5. The maximum Gasteiger partial charge on any atom is 0.224 e. The molecule has 58 heavy (non-hydrogen) atoms. The molecule has 2 amide bonds. The summed E-state index contributed by atoms with van der Waals surface area (Å²) in [7, 11) is -2.35. The number of hydrogen-bond acceptors (Lipinski definition) is 5. The Labute approximate surface area is 347 Å². The molecule has 6 rings (SSSR count). The minimum Gasteiger partial charge on any atom is -0.489 e. The minimum atomic E-state index is -2.35. The number of carbonyl (C=O) groups is 2. The number of rotatable bonds is 18. The maximum absolute atomic E-state index is 14.2. The lowest BCUT2D eigenvalue weighted by atomic mass is 9.86. The molecule has 0 aliphatic heterocycles. The van der Waals surface area contributed by atoms with Crippen LogP contribution in [0.4, 0.5) is 0 Å². The van der Waals surface area contributed by atoms with E-state index >= 15 is 0 Å². The molecule has 0 spiro atoms. The molecular formula is C50H64N2O5Si. The van der Waals surface area contributed by atoms with E-state index in [4.69, 9.17) is 9.16 Å². The number of aliphatic hydroxyl groups excluding tert-OH is 1. The van der Waals surface area contributed by atoms with Gasteiger partial charge in [0.2, 0.25) is 11.8 Å². The van der Waals surface area contributed by atoms with E-state index in [0.29, 0.717) is 32.3 Å². The molecule has 1 saturated carbocycles. The van der Waals surface area contributed by atoms with Crippen molar-refractivity contribution in [3.05, 3.63) is 149 Å². The molecule has 0 saturated heterocycles. The normalized spacial score (nSPS) is 18.3. The fourth-order valence-corrected chi connectivity index (χ4v) is 9.43.